The van der Waals surface area contributed by atoms with Gasteiger partial charge in [0.1, 0.15) is 5.82 Å². The van der Waals surface area contributed by atoms with E-state index in [4.69, 9.17) is 4.74 Å². The smallest absolute Gasteiger partial charge is 0.325 e. The van der Waals surface area contributed by atoms with Crippen molar-refractivity contribution in [3.8, 4) is 0 Å². The van der Waals surface area contributed by atoms with E-state index in [0.29, 0.717) is 22.6 Å². The van der Waals surface area contributed by atoms with Gasteiger partial charge in [-0.3, -0.25) is 10.1 Å². The zero-order valence-corrected chi connectivity index (χ0v) is 14.9. The van der Waals surface area contributed by atoms with Gasteiger partial charge in [0.05, 0.1) is 18.0 Å². The van der Waals surface area contributed by atoms with Gasteiger partial charge in [-0.05, 0) is 12.1 Å². The Morgan fingerprint density at radius 2 is 2.12 bits per heavy atom. The Morgan fingerprint density at radius 1 is 1.32 bits per heavy atom. The molecule has 25 heavy (non-hydrogen) atoms. The maximum atomic E-state index is 13.4. The standard InChI is InChI=1S/C14H16FN5O3S2/c1-23-7-6-16-13-19-20-14(25-13)24-8-11(21)18-12(22)17-10-5-3-2-4-9(10)15/h2-5H,6-8H2,1H3,(H,16,19)(H2,17,18,21,22). The molecular weight excluding hydrogens is 369 g/mol. The molecule has 0 aliphatic carbocycles. The van der Waals surface area contributed by atoms with Crippen LogP contribution in [0, 0.1) is 5.82 Å². The van der Waals surface area contributed by atoms with E-state index in [1.807, 2.05) is 0 Å². The van der Waals surface area contributed by atoms with Gasteiger partial charge in [-0.2, -0.15) is 0 Å². The molecule has 1 aromatic carbocycles. The molecule has 0 saturated carbocycles. The number of hydrogen-bond acceptors (Lipinski definition) is 8. The number of nitrogens with one attached hydrogen (secondary N) is 3. The van der Waals surface area contributed by atoms with Crippen molar-refractivity contribution in [3.63, 3.8) is 0 Å². The Morgan fingerprint density at radius 3 is 2.88 bits per heavy atom. The molecule has 134 valence electrons. The number of para-hydroxylation sites is 1. The van der Waals surface area contributed by atoms with Crippen molar-refractivity contribution in [2.24, 2.45) is 0 Å². The van der Waals surface area contributed by atoms with Crippen LogP contribution < -0.4 is 16.0 Å². The normalized spacial score (nSPS) is 10.3. The summed E-state index contributed by atoms with van der Waals surface area (Å²) in [7, 11) is 1.60. The Bertz CT molecular complexity index is 728. The fourth-order valence-electron chi connectivity index (χ4n) is 1.61. The molecule has 0 spiro atoms. The molecule has 3 amide bonds. The Labute approximate surface area is 151 Å². The highest BCUT2D eigenvalue weighted by Crippen LogP contribution is 2.25. The number of hydrogen-bond donors (Lipinski definition) is 3. The van der Waals surface area contributed by atoms with E-state index in [9.17, 15) is 14.0 Å². The van der Waals surface area contributed by atoms with Crippen molar-refractivity contribution in [2.45, 2.75) is 4.34 Å². The second-order valence-electron chi connectivity index (χ2n) is 4.56. The van der Waals surface area contributed by atoms with Crippen molar-refractivity contribution in [3.05, 3.63) is 30.1 Å². The molecule has 0 radical (unpaired) electrons. The molecule has 0 bridgehead atoms. The molecule has 0 aliphatic heterocycles. The maximum absolute atomic E-state index is 13.4. The van der Waals surface area contributed by atoms with Crippen LogP contribution >= 0.6 is 23.1 Å². The average Bonchev–Trinajstić information content (AvgIpc) is 3.03. The molecule has 2 aromatic rings. The van der Waals surface area contributed by atoms with E-state index in [-0.39, 0.29) is 11.4 Å². The molecule has 11 heteroatoms. The van der Waals surface area contributed by atoms with E-state index < -0.39 is 17.8 Å². The Balaban J connectivity index is 1.73. The number of urea groups is 1. The van der Waals surface area contributed by atoms with Gasteiger partial charge in [-0.1, -0.05) is 35.2 Å². The van der Waals surface area contributed by atoms with Crippen molar-refractivity contribution < 1.29 is 18.7 Å². The van der Waals surface area contributed by atoms with E-state index in [1.54, 1.807) is 13.2 Å². The fraction of sp³-hybridized carbons (Fsp3) is 0.286. The third kappa shape index (κ3) is 6.64. The zero-order chi connectivity index (χ0) is 18.1. The molecule has 0 aliphatic rings. The highest BCUT2D eigenvalue weighted by Gasteiger charge is 2.12. The Hall–Kier alpha value is -2.24. The maximum Gasteiger partial charge on any atom is 0.325 e. The van der Waals surface area contributed by atoms with Gasteiger partial charge >= 0.3 is 6.03 Å². The summed E-state index contributed by atoms with van der Waals surface area (Å²) < 4.78 is 18.9. The zero-order valence-electron chi connectivity index (χ0n) is 13.2. The first-order valence-corrected chi connectivity index (χ1v) is 8.93. The molecule has 0 atom stereocenters. The van der Waals surface area contributed by atoms with Crippen LogP contribution in [-0.2, 0) is 9.53 Å². The lowest BCUT2D eigenvalue weighted by Crippen LogP contribution is -2.35. The lowest BCUT2D eigenvalue weighted by molar-refractivity contribution is -0.117. The number of nitrogens with zero attached hydrogens (tertiary/aromatic N) is 2. The van der Waals surface area contributed by atoms with Crippen LogP contribution in [0.3, 0.4) is 0 Å². The topological polar surface area (TPSA) is 105 Å². The summed E-state index contributed by atoms with van der Waals surface area (Å²) in [4.78, 5) is 23.4. The molecule has 2 rings (SSSR count). The number of carbonyl (C=O) groups is 2. The third-order valence-corrected chi connectivity index (χ3v) is 4.70. The van der Waals surface area contributed by atoms with Gasteiger partial charge in [0.2, 0.25) is 11.0 Å². The number of methoxy groups -OCH3 is 1. The van der Waals surface area contributed by atoms with Crippen LogP contribution in [0.25, 0.3) is 0 Å². The molecule has 1 heterocycles. The van der Waals surface area contributed by atoms with Crippen LogP contribution in [-0.4, -0.2) is 48.1 Å². The predicted octanol–water partition coefficient (Wildman–Crippen LogP) is 2.18. The van der Waals surface area contributed by atoms with Gasteiger partial charge < -0.3 is 15.4 Å². The van der Waals surface area contributed by atoms with Gasteiger partial charge in [0.25, 0.3) is 0 Å². The average molecular weight is 385 g/mol. The summed E-state index contributed by atoms with van der Waals surface area (Å²) in [5.41, 5.74) is -0.00338. The fourth-order valence-corrected chi connectivity index (χ4v) is 3.18. The quantitative estimate of drug-likeness (QED) is 0.472. The second-order valence-corrected chi connectivity index (χ2v) is 6.76. The van der Waals surface area contributed by atoms with Gasteiger partial charge in [0, 0.05) is 13.7 Å². The van der Waals surface area contributed by atoms with E-state index in [1.165, 1.54) is 29.5 Å². The molecule has 8 nitrogen and oxygen atoms in total. The monoisotopic (exact) mass is 385 g/mol. The molecule has 1 aromatic heterocycles. The number of thioether (sulfide) groups is 1. The second kappa shape index (κ2) is 9.91. The van der Waals surface area contributed by atoms with Crippen molar-refractivity contribution in [2.75, 3.05) is 36.6 Å². The van der Waals surface area contributed by atoms with Gasteiger partial charge in [0.15, 0.2) is 4.34 Å². The number of benzene rings is 1. The largest absolute Gasteiger partial charge is 0.383 e. The first-order valence-electron chi connectivity index (χ1n) is 7.13. The molecule has 3 N–H and O–H groups in total. The first kappa shape index (κ1) is 19.1. The van der Waals surface area contributed by atoms with Crippen LogP contribution in [0.2, 0.25) is 0 Å². The number of carbonyl (C=O) groups excluding carboxylic acids is 2. The van der Waals surface area contributed by atoms with Gasteiger partial charge in [-0.15, -0.1) is 10.2 Å². The first-order chi connectivity index (χ1) is 12.1. The Kier molecular flexibility index (Phi) is 7.57. The molecule has 0 saturated heterocycles. The summed E-state index contributed by atoms with van der Waals surface area (Å²) in [6.45, 7) is 1.15. The van der Waals surface area contributed by atoms with Crippen LogP contribution in [0.5, 0.6) is 0 Å². The summed E-state index contributed by atoms with van der Waals surface area (Å²) in [5.74, 6) is -1.12. The summed E-state index contributed by atoms with van der Waals surface area (Å²) in [6.07, 6.45) is 0. The van der Waals surface area contributed by atoms with E-state index >= 15 is 0 Å². The molecule has 0 unspecified atom stereocenters. The minimum atomic E-state index is -0.796. The number of ether oxygens (including phenoxy) is 1. The van der Waals surface area contributed by atoms with Crippen molar-refractivity contribution in [1.29, 1.82) is 0 Å². The van der Waals surface area contributed by atoms with Crippen molar-refractivity contribution in [1.82, 2.24) is 15.5 Å². The van der Waals surface area contributed by atoms with Crippen LogP contribution in [0.1, 0.15) is 0 Å². The lowest BCUT2D eigenvalue weighted by atomic mass is 10.3. The van der Waals surface area contributed by atoms with E-state index in [0.717, 1.165) is 11.8 Å². The molecule has 0 fully saturated rings. The van der Waals surface area contributed by atoms with E-state index in [2.05, 4.69) is 26.1 Å². The summed E-state index contributed by atoms with van der Waals surface area (Å²) in [5, 5.41) is 15.9. The highest BCUT2D eigenvalue weighted by atomic mass is 32.2. The highest BCUT2D eigenvalue weighted by molar-refractivity contribution is 8.01. The summed E-state index contributed by atoms with van der Waals surface area (Å²) >= 11 is 2.44. The summed E-state index contributed by atoms with van der Waals surface area (Å²) in [6, 6.07) is 4.88. The van der Waals surface area contributed by atoms with Crippen LogP contribution in [0.4, 0.5) is 20.0 Å². The number of aromatic nitrogens is 2. The lowest BCUT2D eigenvalue weighted by Gasteiger charge is -2.06. The SMILES string of the molecule is COCCNc1nnc(SCC(=O)NC(=O)Nc2ccccc2F)s1. The van der Waals surface area contributed by atoms with Gasteiger partial charge in [-0.25, -0.2) is 9.18 Å². The minimum absolute atomic E-state index is 0.00338. The number of anilines is 2. The molecular formula is C14H16FN5O3S2. The number of imide groups is 1. The number of rotatable bonds is 8. The number of halogens is 1. The number of amides is 3. The minimum Gasteiger partial charge on any atom is -0.383 e. The van der Waals surface area contributed by atoms with Crippen molar-refractivity contribution >= 4 is 45.9 Å². The van der Waals surface area contributed by atoms with Crippen LogP contribution in [0.15, 0.2) is 28.6 Å². The third-order valence-electron chi connectivity index (χ3n) is 2.69. The predicted molar refractivity (Wildman–Crippen MR) is 94.6 cm³/mol.